The zero-order valence-electron chi connectivity index (χ0n) is 23.8. The average molecular weight is 560 g/mol. The molecule has 42 heavy (non-hydrogen) atoms. The average Bonchev–Trinajstić information content (AvgIpc) is 3.01. The highest BCUT2D eigenvalue weighted by molar-refractivity contribution is 6.11. The number of allylic oxidation sites excluding steroid dienone is 1. The summed E-state index contributed by atoms with van der Waals surface area (Å²) >= 11 is 0. The third-order valence-electron chi connectivity index (χ3n) is 6.31. The van der Waals surface area contributed by atoms with Gasteiger partial charge in [-0.2, -0.15) is 0 Å². The molecule has 0 saturated carbocycles. The Morgan fingerprint density at radius 2 is 1.45 bits per heavy atom. The summed E-state index contributed by atoms with van der Waals surface area (Å²) in [6, 6.07) is 30.4. The molecule has 0 aliphatic rings. The molecule has 0 atom stereocenters. The van der Waals surface area contributed by atoms with Gasteiger partial charge in [0.25, 0.3) is 11.8 Å². The number of benzene rings is 4. The van der Waals surface area contributed by atoms with Gasteiger partial charge < -0.3 is 20.3 Å². The van der Waals surface area contributed by atoms with Gasteiger partial charge in [-0.05, 0) is 79.2 Å². The van der Waals surface area contributed by atoms with Gasteiger partial charge in [-0.3, -0.25) is 14.4 Å². The molecule has 0 heterocycles. The predicted molar refractivity (Wildman–Crippen MR) is 169 cm³/mol. The fourth-order valence-electron chi connectivity index (χ4n) is 4.05. The number of rotatable bonds is 11. The van der Waals surface area contributed by atoms with Crippen molar-refractivity contribution in [2.75, 3.05) is 30.9 Å². The number of carbonyl (C=O) groups excluding carboxylic acids is 3. The lowest BCUT2D eigenvalue weighted by molar-refractivity contribution is -0.113. The summed E-state index contributed by atoms with van der Waals surface area (Å²) in [5.74, 6) is -0.516. The van der Waals surface area contributed by atoms with Crippen molar-refractivity contribution in [3.63, 3.8) is 0 Å². The fourth-order valence-corrected chi connectivity index (χ4v) is 4.05. The Morgan fingerprint density at radius 1 is 0.786 bits per heavy atom. The van der Waals surface area contributed by atoms with Crippen LogP contribution in [0.2, 0.25) is 0 Å². The fraction of sp³-hybridized carbons (Fsp3) is 0.114. The Morgan fingerprint density at radius 3 is 2.12 bits per heavy atom. The highest BCUT2D eigenvalue weighted by Crippen LogP contribution is 2.22. The number of ketones is 1. The maximum absolute atomic E-state index is 13.4. The number of hydrogen-bond donors (Lipinski definition) is 2. The molecule has 0 spiro atoms. The third kappa shape index (κ3) is 8.05. The van der Waals surface area contributed by atoms with Crippen LogP contribution in [0.25, 0.3) is 12.2 Å². The van der Waals surface area contributed by atoms with E-state index < -0.39 is 11.8 Å². The molecular formula is C35H33N3O4. The van der Waals surface area contributed by atoms with Crippen molar-refractivity contribution < 1.29 is 19.1 Å². The van der Waals surface area contributed by atoms with Gasteiger partial charge in [0.15, 0.2) is 5.78 Å². The van der Waals surface area contributed by atoms with Crippen LogP contribution in [0.5, 0.6) is 5.75 Å². The van der Waals surface area contributed by atoms with Crippen molar-refractivity contribution in [2.45, 2.75) is 6.92 Å². The SMILES string of the molecule is CCOc1ccccc1/C=C(\NC(=O)c1ccccc1)C(=O)Nc1ccc(C(=O)/C=C/c2ccc(N(C)C)cc2)cc1. The number of anilines is 2. The van der Waals surface area contributed by atoms with Crippen LogP contribution in [0, 0.1) is 0 Å². The molecule has 0 unspecified atom stereocenters. The second-order valence-corrected chi connectivity index (χ2v) is 9.56. The molecule has 4 aromatic rings. The van der Waals surface area contributed by atoms with E-state index in [2.05, 4.69) is 10.6 Å². The van der Waals surface area contributed by atoms with E-state index in [0.717, 1.165) is 11.3 Å². The Bertz CT molecular complexity index is 1590. The van der Waals surface area contributed by atoms with E-state index in [4.69, 9.17) is 4.74 Å². The van der Waals surface area contributed by atoms with Crippen LogP contribution < -0.4 is 20.3 Å². The molecule has 0 aliphatic heterocycles. The van der Waals surface area contributed by atoms with Crippen LogP contribution in [0.3, 0.4) is 0 Å². The first-order chi connectivity index (χ1) is 20.3. The van der Waals surface area contributed by atoms with Crippen molar-refractivity contribution >= 4 is 41.1 Å². The molecule has 0 radical (unpaired) electrons. The first-order valence-corrected chi connectivity index (χ1v) is 13.5. The summed E-state index contributed by atoms with van der Waals surface area (Å²) in [6.45, 7) is 2.32. The quantitative estimate of drug-likeness (QED) is 0.163. The number of ether oxygens (including phenoxy) is 1. The highest BCUT2D eigenvalue weighted by atomic mass is 16.5. The third-order valence-corrected chi connectivity index (χ3v) is 6.31. The Balaban J connectivity index is 1.50. The van der Waals surface area contributed by atoms with Crippen LogP contribution >= 0.6 is 0 Å². The van der Waals surface area contributed by atoms with E-state index in [1.807, 2.05) is 68.4 Å². The van der Waals surface area contributed by atoms with Crippen molar-refractivity contribution in [3.8, 4) is 5.75 Å². The largest absolute Gasteiger partial charge is 0.493 e. The van der Waals surface area contributed by atoms with Gasteiger partial charge >= 0.3 is 0 Å². The van der Waals surface area contributed by atoms with Gasteiger partial charge in [0, 0.05) is 42.2 Å². The van der Waals surface area contributed by atoms with Gasteiger partial charge in [-0.25, -0.2) is 0 Å². The Hall–Kier alpha value is -5.43. The van der Waals surface area contributed by atoms with E-state index in [9.17, 15) is 14.4 Å². The first kappa shape index (κ1) is 29.6. The summed E-state index contributed by atoms with van der Waals surface area (Å²) in [7, 11) is 3.94. The molecule has 0 fully saturated rings. The number of nitrogens with zero attached hydrogens (tertiary/aromatic N) is 1. The second-order valence-electron chi connectivity index (χ2n) is 9.56. The van der Waals surface area contributed by atoms with Crippen LogP contribution in [0.4, 0.5) is 11.4 Å². The van der Waals surface area contributed by atoms with Crippen molar-refractivity contribution in [1.82, 2.24) is 5.32 Å². The molecule has 0 aromatic heterocycles. The van der Waals surface area contributed by atoms with E-state index >= 15 is 0 Å². The van der Waals surface area contributed by atoms with Crippen molar-refractivity contribution in [2.24, 2.45) is 0 Å². The van der Waals surface area contributed by atoms with Crippen LogP contribution in [0.1, 0.15) is 38.8 Å². The zero-order valence-corrected chi connectivity index (χ0v) is 23.8. The molecule has 0 bridgehead atoms. The van der Waals surface area contributed by atoms with E-state index in [1.165, 1.54) is 6.08 Å². The minimum absolute atomic E-state index is 0.0411. The predicted octanol–water partition coefficient (Wildman–Crippen LogP) is 6.46. The number of carbonyl (C=O) groups is 3. The van der Waals surface area contributed by atoms with Gasteiger partial charge in [0.2, 0.25) is 0 Å². The van der Waals surface area contributed by atoms with Crippen molar-refractivity contribution in [3.05, 3.63) is 137 Å². The molecule has 7 heteroatoms. The molecular weight excluding hydrogens is 526 g/mol. The van der Waals surface area contributed by atoms with Gasteiger partial charge in [0.1, 0.15) is 11.4 Å². The van der Waals surface area contributed by atoms with Crippen molar-refractivity contribution in [1.29, 1.82) is 0 Å². The molecule has 4 aromatic carbocycles. The summed E-state index contributed by atoms with van der Waals surface area (Å²) in [5, 5.41) is 5.54. The standard InChI is InChI=1S/C35H33N3O4/c1-4-42-33-13-9-8-12-28(33)24-31(37-34(40)27-10-6-5-7-11-27)35(41)36-29-19-17-26(18-20-29)32(39)23-16-25-14-21-30(22-15-25)38(2)3/h5-24H,4H2,1-3H3,(H,36,41)(H,37,40)/b23-16+,31-24-. The van der Waals surface area contributed by atoms with Gasteiger partial charge in [-0.1, -0.05) is 54.6 Å². The zero-order chi connectivity index (χ0) is 29.9. The molecule has 0 aliphatic carbocycles. The summed E-state index contributed by atoms with van der Waals surface area (Å²) in [4.78, 5) is 41.1. The molecule has 212 valence electrons. The molecule has 0 saturated heterocycles. The van der Waals surface area contributed by atoms with E-state index in [0.29, 0.717) is 34.7 Å². The Labute approximate surface area is 246 Å². The highest BCUT2D eigenvalue weighted by Gasteiger charge is 2.16. The molecule has 7 nitrogen and oxygen atoms in total. The summed E-state index contributed by atoms with van der Waals surface area (Å²) < 4.78 is 5.70. The Kier molecular flexibility index (Phi) is 10.0. The lowest BCUT2D eigenvalue weighted by Crippen LogP contribution is -2.30. The number of nitrogens with one attached hydrogen (secondary N) is 2. The lowest BCUT2D eigenvalue weighted by atomic mass is 10.1. The monoisotopic (exact) mass is 559 g/mol. The number of amides is 2. The van der Waals surface area contributed by atoms with Crippen LogP contribution in [-0.2, 0) is 4.79 Å². The second kappa shape index (κ2) is 14.3. The topological polar surface area (TPSA) is 87.7 Å². The first-order valence-electron chi connectivity index (χ1n) is 13.5. The van der Waals surface area contributed by atoms with Gasteiger partial charge in [0.05, 0.1) is 6.61 Å². The van der Waals surface area contributed by atoms with Crippen LogP contribution in [0.15, 0.2) is 115 Å². The summed E-state index contributed by atoms with van der Waals surface area (Å²) in [6.07, 6.45) is 4.87. The number of para-hydroxylation sites is 1. The minimum Gasteiger partial charge on any atom is -0.493 e. The van der Waals surface area contributed by atoms with E-state index in [-0.39, 0.29) is 11.5 Å². The normalized spacial score (nSPS) is 11.2. The molecule has 2 amide bonds. The molecule has 4 rings (SSSR count). The maximum atomic E-state index is 13.4. The van der Waals surface area contributed by atoms with E-state index in [1.54, 1.807) is 72.8 Å². The summed E-state index contributed by atoms with van der Waals surface area (Å²) in [5.41, 5.74) is 4.04. The molecule has 2 N–H and O–H groups in total. The van der Waals surface area contributed by atoms with Crippen LogP contribution in [-0.4, -0.2) is 38.3 Å². The lowest BCUT2D eigenvalue weighted by Gasteiger charge is -2.13. The van der Waals surface area contributed by atoms with Gasteiger partial charge in [-0.15, -0.1) is 0 Å². The minimum atomic E-state index is -0.522. The smallest absolute Gasteiger partial charge is 0.272 e. The number of hydrogen-bond acceptors (Lipinski definition) is 5. The maximum Gasteiger partial charge on any atom is 0.272 e.